The molecule has 2 amide bonds. The highest BCUT2D eigenvalue weighted by Gasteiger charge is 2.42. The van der Waals surface area contributed by atoms with E-state index >= 15 is 0 Å². The molecule has 4 rings (SSSR count). The number of sulfonamides is 1. The number of carbonyl (C=O) groups excluding carboxylic acids is 2. The molecule has 10 nitrogen and oxygen atoms in total. The SMILES string of the molecule is Cc1cc(S(=O)(=O)N2c3ccccc3NC(=O)C2CC(=O)NCCCn2cncn2)c(C)cc1Cl. The van der Waals surface area contributed by atoms with Gasteiger partial charge in [-0.1, -0.05) is 23.7 Å². The molecule has 35 heavy (non-hydrogen) atoms. The molecule has 1 aliphatic heterocycles. The van der Waals surface area contributed by atoms with Crippen LogP contribution in [0.4, 0.5) is 11.4 Å². The van der Waals surface area contributed by atoms with Crippen molar-refractivity contribution in [2.45, 2.75) is 44.2 Å². The molecule has 0 bridgehead atoms. The lowest BCUT2D eigenvalue weighted by Gasteiger charge is -2.37. The number of aromatic nitrogens is 3. The maximum Gasteiger partial charge on any atom is 0.265 e. The highest BCUT2D eigenvalue weighted by Crippen LogP contribution is 2.38. The van der Waals surface area contributed by atoms with Crippen LogP contribution < -0.4 is 14.9 Å². The maximum absolute atomic E-state index is 13.9. The zero-order chi connectivity index (χ0) is 25.2. The molecule has 3 aromatic rings. The first-order valence-electron chi connectivity index (χ1n) is 11.0. The lowest BCUT2D eigenvalue weighted by Crippen LogP contribution is -2.52. The van der Waals surface area contributed by atoms with Gasteiger partial charge < -0.3 is 10.6 Å². The lowest BCUT2D eigenvalue weighted by molar-refractivity contribution is -0.125. The van der Waals surface area contributed by atoms with E-state index in [2.05, 4.69) is 20.7 Å². The van der Waals surface area contributed by atoms with Gasteiger partial charge in [0.25, 0.3) is 10.0 Å². The second-order valence-corrected chi connectivity index (χ2v) is 10.4. The van der Waals surface area contributed by atoms with Crippen LogP contribution in [0.25, 0.3) is 0 Å². The Labute approximate surface area is 208 Å². The smallest absolute Gasteiger partial charge is 0.265 e. The zero-order valence-electron chi connectivity index (χ0n) is 19.2. The summed E-state index contributed by atoms with van der Waals surface area (Å²) in [4.78, 5) is 29.7. The number of hydrogen-bond acceptors (Lipinski definition) is 6. The van der Waals surface area contributed by atoms with E-state index < -0.39 is 27.9 Å². The Bertz CT molecular complexity index is 1360. The van der Waals surface area contributed by atoms with Crippen molar-refractivity contribution in [3.63, 3.8) is 0 Å². The first kappa shape index (κ1) is 24.7. The van der Waals surface area contributed by atoms with Crippen molar-refractivity contribution in [3.8, 4) is 0 Å². The van der Waals surface area contributed by atoms with Crippen LogP contribution in [-0.2, 0) is 26.2 Å². The van der Waals surface area contributed by atoms with E-state index in [4.69, 9.17) is 11.6 Å². The standard InChI is InChI=1S/C23H25ClN6O4S/c1-15-11-21(16(2)10-17(15)24)35(33,34)30-19-7-4-3-6-18(19)28-23(32)20(30)12-22(31)26-8-5-9-29-14-25-13-27-29/h3-4,6-7,10-11,13-14,20H,5,8-9,12H2,1-2H3,(H,26,31)(H,28,32). The molecule has 0 saturated carbocycles. The van der Waals surface area contributed by atoms with Crippen molar-refractivity contribution >= 4 is 44.8 Å². The molecule has 0 radical (unpaired) electrons. The maximum atomic E-state index is 13.9. The van der Waals surface area contributed by atoms with E-state index in [0.29, 0.717) is 47.0 Å². The molecule has 1 aromatic heterocycles. The van der Waals surface area contributed by atoms with Crippen LogP contribution in [0, 0.1) is 13.8 Å². The predicted molar refractivity (Wildman–Crippen MR) is 132 cm³/mol. The second kappa shape index (κ2) is 10.0. The Balaban J connectivity index is 1.61. The van der Waals surface area contributed by atoms with Gasteiger partial charge in [-0.3, -0.25) is 18.6 Å². The third-order valence-electron chi connectivity index (χ3n) is 5.71. The average molecular weight is 517 g/mol. The molecule has 0 aliphatic carbocycles. The Morgan fingerprint density at radius 3 is 2.71 bits per heavy atom. The van der Waals surface area contributed by atoms with Crippen molar-refractivity contribution in [1.82, 2.24) is 20.1 Å². The van der Waals surface area contributed by atoms with Gasteiger partial charge in [-0.2, -0.15) is 5.10 Å². The van der Waals surface area contributed by atoms with E-state index in [1.165, 1.54) is 12.4 Å². The summed E-state index contributed by atoms with van der Waals surface area (Å²) < 4.78 is 30.5. The third-order valence-corrected chi connectivity index (χ3v) is 8.08. The summed E-state index contributed by atoms with van der Waals surface area (Å²) in [5.74, 6) is -1.01. The number of fused-ring (bicyclic) bond motifs is 1. The number of aryl methyl sites for hydroxylation is 3. The molecule has 1 aliphatic rings. The topological polar surface area (TPSA) is 126 Å². The van der Waals surface area contributed by atoms with Crippen molar-refractivity contribution in [2.24, 2.45) is 0 Å². The summed E-state index contributed by atoms with van der Waals surface area (Å²) in [6.45, 7) is 4.26. The zero-order valence-corrected chi connectivity index (χ0v) is 20.8. The number of benzene rings is 2. The van der Waals surface area contributed by atoms with Gasteiger partial charge in [-0.05, 0) is 55.7 Å². The van der Waals surface area contributed by atoms with Gasteiger partial charge in [0.05, 0.1) is 22.7 Å². The van der Waals surface area contributed by atoms with Crippen LogP contribution >= 0.6 is 11.6 Å². The Kier molecular flexibility index (Phi) is 7.08. The highest BCUT2D eigenvalue weighted by molar-refractivity contribution is 7.93. The molecule has 0 fully saturated rings. The van der Waals surface area contributed by atoms with Gasteiger partial charge in [0.1, 0.15) is 18.7 Å². The summed E-state index contributed by atoms with van der Waals surface area (Å²) in [7, 11) is -4.21. The molecule has 2 aromatic carbocycles. The molecular formula is C23H25ClN6O4S. The third kappa shape index (κ3) is 5.15. The fourth-order valence-corrected chi connectivity index (χ4v) is 6.08. The Hall–Kier alpha value is -3.44. The number of nitrogens with zero attached hydrogens (tertiary/aromatic N) is 4. The van der Waals surface area contributed by atoms with Crippen molar-refractivity contribution in [2.75, 3.05) is 16.2 Å². The molecule has 0 saturated heterocycles. The van der Waals surface area contributed by atoms with Gasteiger partial charge >= 0.3 is 0 Å². The summed E-state index contributed by atoms with van der Waals surface area (Å²) >= 11 is 6.18. The normalized spacial score (nSPS) is 15.5. The lowest BCUT2D eigenvalue weighted by atomic mass is 10.1. The van der Waals surface area contributed by atoms with E-state index in [9.17, 15) is 18.0 Å². The number of amides is 2. The summed E-state index contributed by atoms with van der Waals surface area (Å²) in [6, 6.07) is 8.41. The number of nitrogens with one attached hydrogen (secondary N) is 2. The predicted octanol–water partition coefficient (Wildman–Crippen LogP) is 2.66. The fourth-order valence-electron chi connectivity index (χ4n) is 3.94. The van der Waals surface area contributed by atoms with Crippen molar-refractivity contribution in [1.29, 1.82) is 0 Å². The van der Waals surface area contributed by atoms with Crippen LogP contribution in [0.2, 0.25) is 5.02 Å². The molecule has 1 atom stereocenters. The molecular weight excluding hydrogens is 492 g/mol. The Morgan fingerprint density at radius 2 is 1.97 bits per heavy atom. The molecule has 2 N–H and O–H groups in total. The first-order valence-corrected chi connectivity index (χ1v) is 12.8. The van der Waals surface area contributed by atoms with Crippen LogP contribution in [0.1, 0.15) is 24.0 Å². The van der Waals surface area contributed by atoms with Crippen molar-refractivity contribution in [3.05, 3.63) is 65.2 Å². The molecule has 12 heteroatoms. The number of halogens is 1. The van der Waals surface area contributed by atoms with Crippen LogP contribution in [0.3, 0.4) is 0 Å². The monoisotopic (exact) mass is 516 g/mol. The molecule has 1 unspecified atom stereocenters. The van der Waals surface area contributed by atoms with Crippen LogP contribution in [-0.4, -0.2) is 47.6 Å². The number of hydrogen-bond donors (Lipinski definition) is 2. The minimum absolute atomic E-state index is 0.0298. The second-order valence-electron chi connectivity index (χ2n) is 8.26. The first-order chi connectivity index (χ1) is 16.7. The number of para-hydroxylation sites is 2. The highest BCUT2D eigenvalue weighted by atomic mass is 35.5. The van der Waals surface area contributed by atoms with Crippen LogP contribution in [0.5, 0.6) is 0 Å². The largest absolute Gasteiger partial charge is 0.356 e. The van der Waals surface area contributed by atoms with Crippen molar-refractivity contribution < 1.29 is 18.0 Å². The minimum atomic E-state index is -4.21. The van der Waals surface area contributed by atoms with Crippen LogP contribution in [0.15, 0.2) is 53.9 Å². The van der Waals surface area contributed by atoms with E-state index in [1.807, 2.05) is 0 Å². The number of anilines is 2. The minimum Gasteiger partial charge on any atom is -0.356 e. The van der Waals surface area contributed by atoms with E-state index in [1.54, 1.807) is 55.2 Å². The van der Waals surface area contributed by atoms with Gasteiger partial charge in [0, 0.05) is 18.1 Å². The summed E-state index contributed by atoms with van der Waals surface area (Å²) in [5, 5.41) is 9.93. The Morgan fingerprint density at radius 1 is 1.20 bits per heavy atom. The summed E-state index contributed by atoms with van der Waals surface area (Å²) in [5.41, 5.74) is 1.68. The van der Waals surface area contributed by atoms with E-state index in [0.717, 1.165) is 4.31 Å². The molecule has 184 valence electrons. The fraction of sp³-hybridized carbons (Fsp3) is 0.304. The van der Waals surface area contributed by atoms with Gasteiger partial charge in [0.2, 0.25) is 11.8 Å². The average Bonchev–Trinajstić information content (AvgIpc) is 3.33. The molecule has 2 heterocycles. The van der Waals surface area contributed by atoms with Gasteiger partial charge in [-0.25, -0.2) is 13.4 Å². The van der Waals surface area contributed by atoms with Gasteiger partial charge in [-0.15, -0.1) is 0 Å². The quantitative estimate of drug-likeness (QED) is 0.443. The van der Waals surface area contributed by atoms with Gasteiger partial charge in [0.15, 0.2) is 0 Å². The summed E-state index contributed by atoms with van der Waals surface area (Å²) in [6.07, 6.45) is 3.26. The van der Waals surface area contributed by atoms with E-state index in [-0.39, 0.29) is 11.3 Å². The molecule has 0 spiro atoms. The number of rotatable bonds is 8. The number of carbonyl (C=O) groups is 2.